The number of thiocarbonyl (C=S) groups is 1. The number of thioether (sulfide) groups is 1. The van der Waals surface area contributed by atoms with Crippen molar-refractivity contribution in [2.75, 3.05) is 4.90 Å². The van der Waals surface area contributed by atoms with Crippen LogP contribution in [0.5, 0.6) is 0 Å². The molecule has 0 aliphatic carbocycles. The molecule has 1 saturated heterocycles. The van der Waals surface area contributed by atoms with E-state index in [-0.39, 0.29) is 5.91 Å². The van der Waals surface area contributed by atoms with Gasteiger partial charge in [-0.25, -0.2) is 0 Å². The van der Waals surface area contributed by atoms with Crippen LogP contribution in [0.3, 0.4) is 0 Å². The Kier molecular flexibility index (Phi) is 4.99. The van der Waals surface area contributed by atoms with Crippen LogP contribution in [0.15, 0.2) is 47.4 Å². The molecule has 0 saturated carbocycles. The first-order chi connectivity index (χ1) is 11.0. The van der Waals surface area contributed by atoms with E-state index in [9.17, 15) is 4.79 Å². The zero-order chi connectivity index (χ0) is 16.6. The van der Waals surface area contributed by atoms with Crippen molar-refractivity contribution in [2.45, 2.75) is 0 Å². The van der Waals surface area contributed by atoms with E-state index in [2.05, 4.69) is 0 Å². The first-order valence-electron chi connectivity index (χ1n) is 6.45. The first-order valence-corrected chi connectivity index (χ1v) is 8.81. The van der Waals surface area contributed by atoms with Gasteiger partial charge in [0.1, 0.15) is 0 Å². The Balaban J connectivity index is 1.98. The maximum atomic E-state index is 12.7. The molecule has 0 unspecified atom stereocenters. The maximum absolute atomic E-state index is 12.7. The highest BCUT2D eigenvalue weighted by molar-refractivity contribution is 8.27. The van der Waals surface area contributed by atoms with Gasteiger partial charge in [0.15, 0.2) is 4.32 Å². The third kappa shape index (κ3) is 3.42. The summed E-state index contributed by atoms with van der Waals surface area (Å²) >= 11 is 24.7. The summed E-state index contributed by atoms with van der Waals surface area (Å²) in [5, 5.41) is 1.38. The number of carbonyl (C=O) groups is 1. The number of halogens is 3. The Hall–Kier alpha value is -1.04. The molecule has 0 aromatic heterocycles. The lowest BCUT2D eigenvalue weighted by Crippen LogP contribution is -2.27. The summed E-state index contributed by atoms with van der Waals surface area (Å²) in [5.74, 6) is -0.210. The van der Waals surface area contributed by atoms with Gasteiger partial charge in [0.05, 0.1) is 20.6 Å². The Morgan fingerprint density at radius 2 is 1.83 bits per heavy atom. The molecule has 2 aromatic rings. The van der Waals surface area contributed by atoms with Crippen molar-refractivity contribution in [1.82, 2.24) is 0 Å². The van der Waals surface area contributed by atoms with E-state index >= 15 is 0 Å². The second-order valence-corrected chi connectivity index (χ2v) is 7.54. The zero-order valence-electron chi connectivity index (χ0n) is 11.4. The van der Waals surface area contributed by atoms with Gasteiger partial charge >= 0.3 is 0 Å². The minimum atomic E-state index is -0.210. The van der Waals surface area contributed by atoms with E-state index in [1.54, 1.807) is 48.5 Å². The number of hydrogen-bond donors (Lipinski definition) is 0. The fourth-order valence-corrected chi connectivity index (χ4v) is 3.92. The van der Waals surface area contributed by atoms with Gasteiger partial charge in [0.25, 0.3) is 5.91 Å². The van der Waals surface area contributed by atoms with Crippen LogP contribution in [0.25, 0.3) is 6.08 Å². The van der Waals surface area contributed by atoms with Gasteiger partial charge in [-0.05, 0) is 35.9 Å². The minimum Gasteiger partial charge on any atom is -0.268 e. The van der Waals surface area contributed by atoms with E-state index in [0.717, 1.165) is 0 Å². The van der Waals surface area contributed by atoms with Crippen LogP contribution in [-0.4, -0.2) is 10.2 Å². The van der Waals surface area contributed by atoms with Crippen molar-refractivity contribution in [2.24, 2.45) is 0 Å². The molecule has 7 heteroatoms. The summed E-state index contributed by atoms with van der Waals surface area (Å²) in [6.07, 6.45) is 1.69. The lowest BCUT2D eigenvalue weighted by molar-refractivity contribution is -0.113. The van der Waals surface area contributed by atoms with Crippen LogP contribution in [0.4, 0.5) is 5.69 Å². The number of nitrogens with zero attached hydrogens (tertiary/aromatic N) is 1. The van der Waals surface area contributed by atoms with Crippen molar-refractivity contribution in [3.8, 4) is 0 Å². The van der Waals surface area contributed by atoms with Crippen LogP contribution in [-0.2, 0) is 4.79 Å². The first kappa shape index (κ1) is 16.8. The van der Waals surface area contributed by atoms with E-state index < -0.39 is 0 Å². The summed E-state index contributed by atoms with van der Waals surface area (Å²) < 4.78 is 0.446. The van der Waals surface area contributed by atoms with Gasteiger partial charge in [-0.15, -0.1) is 0 Å². The molecule has 2 nitrogen and oxygen atoms in total. The van der Waals surface area contributed by atoms with Gasteiger partial charge in [-0.3, -0.25) is 9.69 Å². The van der Waals surface area contributed by atoms with Crippen LogP contribution in [0.2, 0.25) is 15.1 Å². The molecule has 2 aromatic carbocycles. The summed E-state index contributed by atoms with van der Waals surface area (Å²) in [7, 11) is 0. The van der Waals surface area contributed by atoms with E-state index in [0.29, 0.717) is 35.5 Å². The number of carbonyl (C=O) groups excluding carboxylic acids is 1. The number of benzene rings is 2. The predicted molar refractivity (Wildman–Crippen MR) is 104 cm³/mol. The second kappa shape index (κ2) is 6.83. The molecule has 0 atom stereocenters. The monoisotopic (exact) mass is 399 g/mol. The van der Waals surface area contributed by atoms with Gasteiger partial charge in [-0.1, -0.05) is 77.0 Å². The van der Waals surface area contributed by atoms with Crippen molar-refractivity contribution in [3.63, 3.8) is 0 Å². The smallest absolute Gasteiger partial charge is 0.268 e. The molecule has 23 heavy (non-hydrogen) atoms. The summed E-state index contributed by atoms with van der Waals surface area (Å²) in [6.45, 7) is 0. The second-order valence-electron chi connectivity index (χ2n) is 4.64. The van der Waals surface area contributed by atoms with Crippen molar-refractivity contribution >= 4 is 80.8 Å². The number of rotatable bonds is 2. The normalized spacial score (nSPS) is 16.5. The molecule has 0 radical (unpaired) electrons. The largest absolute Gasteiger partial charge is 0.270 e. The molecule has 1 aliphatic rings. The number of hydrogen-bond acceptors (Lipinski definition) is 3. The SMILES string of the molecule is O=C1/C(=C\c2cccc(Cl)c2Cl)SC(=S)N1c1cccc(Cl)c1. The molecule has 1 fully saturated rings. The maximum Gasteiger partial charge on any atom is 0.270 e. The molecule has 0 bridgehead atoms. The lowest BCUT2D eigenvalue weighted by atomic mass is 10.2. The molecule has 1 amide bonds. The molecule has 1 aliphatic heterocycles. The average Bonchev–Trinajstić information content (AvgIpc) is 2.78. The Morgan fingerprint density at radius 3 is 2.57 bits per heavy atom. The average molecular weight is 401 g/mol. The van der Waals surface area contributed by atoms with Crippen molar-refractivity contribution in [1.29, 1.82) is 0 Å². The third-order valence-corrected chi connectivity index (χ3v) is 5.50. The lowest BCUT2D eigenvalue weighted by Gasteiger charge is -2.14. The van der Waals surface area contributed by atoms with Gasteiger partial charge in [0, 0.05) is 5.02 Å². The highest BCUT2D eigenvalue weighted by atomic mass is 35.5. The van der Waals surface area contributed by atoms with Crippen LogP contribution in [0, 0.1) is 0 Å². The highest BCUT2D eigenvalue weighted by Crippen LogP contribution is 2.38. The van der Waals surface area contributed by atoms with Crippen LogP contribution in [0.1, 0.15) is 5.56 Å². The fourth-order valence-electron chi connectivity index (χ4n) is 2.08. The molecule has 0 N–H and O–H groups in total. The zero-order valence-corrected chi connectivity index (χ0v) is 15.3. The Morgan fingerprint density at radius 1 is 1.09 bits per heavy atom. The van der Waals surface area contributed by atoms with Crippen molar-refractivity contribution in [3.05, 3.63) is 68.0 Å². The van der Waals surface area contributed by atoms with Crippen LogP contribution < -0.4 is 4.90 Å². The fraction of sp³-hybridized carbons (Fsp3) is 0. The van der Waals surface area contributed by atoms with E-state index in [4.69, 9.17) is 47.0 Å². The minimum absolute atomic E-state index is 0.210. The summed E-state index contributed by atoms with van der Waals surface area (Å²) in [5.41, 5.74) is 1.31. The quantitative estimate of drug-likeness (QED) is 0.452. The topological polar surface area (TPSA) is 20.3 Å². The van der Waals surface area contributed by atoms with E-state index in [1.165, 1.54) is 16.7 Å². The molecule has 3 rings (SSSR count). The summed E-state index contributed by atoms with van der Waals surface area (Å²) in [4.78, 5) is 14.6. The van der Waals surface area contributed by atoms with E-state index in [1.807, 2.05) is 0 Å². The standard InChI is InChI=1S/C16H8Cl3NOS2/c17-10-4-2-5-11(8-10)20-15(21)13(23-16(20)22)7-9-3-1-6-12(18)14(9)19/h1-8H/b13-7+. The molecule has 1 heterocycles. The Bertz CT molecular complexity index is 851. The number of amides is 1. The third-order valence-electron chi connectivity index (χ3n) is 3.13. The Labute approximate surface area is 158 Å². The van der Waals surface area contributed by atoms with Gasteiger partial charge < -0.3 is 0 Å². The highest BCUT2D eigenvalue weighted by Gasteiger charge is 2.33. The van der Waals surface area contributed by atoms with Gasteiger partial charge in [0.2, 0.25) is 0 Å². The van der Waals surface area contributed by atoms with Crippen LogP contribution >= 0.6 is 58.8 Å². The molecule has 0 spiro atoms. The number of anilines is 1. The summed E-state index contributed by atoms with van der Waals surface area (Å²) in [6, 6.07) is 12.3. The predicted octanol–water partition coefficient (Wildman–Crippen LogP) is 6.05. The molecular weight excluding hydrogens is 393 g/mol. The van der Waals surface area contributed by atoms with Crippen molar-refractivity contribution < 1.29 is 4.79 Å². The van der Waals surface area contributed by atoms with Gasteiger partial charge in [-0.2, -0.15) is 0 Å². The molecular formula is C16H8Cl3NOS2. The molecule has 116 valence electrons.